The number of hydrogen-bond acceptors (Lipinski definition) is 2. The van der Waals surface area contributed by atoms with Gasteiger partial charge >= 0.3 is 6.18 Å². The Kier molecular flexibility index (Phi) is 6.85. The molecule has 0 radical (unpaired) electrons. The molecule has 1 aromatic carbocycles. The monoisotopic (exact) mass is 353 g/mol. The SMILES string of the molecule is CCNC(=NCc1cccc(C(F)(F)F)c1)NCCCn1cccn1. The molecule has 0 aliphatic rings. The molecule has 0 unspecified atom stereocenters. The van der Waals surface area contributed by atoms with E-state index in [9.17, 15) is 13.2 Å². The molecular weight excluding hydrogens is 331 g/mol. The fraction of sp³-hybridized carbons (Fsp3) is 0.412. The zero-order valence-electron chi connectivity index (χ0n) is 14.1. The molecule has 0 aliphatic carbocycles. The highest BCUT2D eigenvalue weighted by atomic mass is 19.4. The molecule has 0 atom stereocenters. The largest absolute Gasteiger partial charge is 0.416 e. The molecule has 2 aromatic rings. The number of aliphatic imine (C=N–C) groups is 1. The maximum Gasteiger partial charge on any atom is 0.416 e. The van der Waals surface area contributed by atoms with Crippen LogP contribution in [0.4, 0.5) is 13.2 Å². The third-order valence-electron chi connectivity index (χ3n) is 3.43. The standard InChI is InChI=1S/C17H22F3N5/c1-2-21-16(22-8-4-10-25-11-5-9-24-25)23-13-14-6-3-7-15(12-14)17(18,19)20/h3,5-7,9,11-12H,2,4,8,10,13H2,1H3,(H2,21,22,23). The summed E-state index contributed by atoms with van der Waals surface area (Å²) in [5.74, 6) is 0.584. The van der Waals surface area contributed by atoms with Crippen molar-refractivity contribution in [1.29, 1.82) is 0 Å². The Labute approximate surface area is 145 Å². The number of halogens is 3. The van der Waals surface area contributed by atoms with Crippen LogP contribution in [0.15, 0.2) is 47.7 Å². The number of benzene rings is 1. The summed E-state index contributed by atoms with van der Waals surface area (Å²) in [6.45, 7) is 4.26. The van der Waals surface area contributed by atoms with E-state index in [0.717, 1.165) is 25.1 Å². The molecule has 1 aromatic heterocycles. The summed E-state index contributed by atoms with van der Waals surface area (Å²) in [6.07, 6.45) is 0.144. The Morgan fingerprint density at radius 2 is 2.08 bits per heavy atom. The summed E-state index contributed by atoms with van der Waals surface area (Å²) in [5.41, 5.74) is -0.138. The lowest BCUT2D eigenvalue weighted by atomic mass is 10.1. The first-order valence-electron chi connectivity index (χ1n) is 8.15. The Balaban J connectivity index is 1.88. The fourth-order valence-corrected chi connectivity index (χ4v) is 2.24. The van der Waals surface area contributed by atoms with E-state index >= 15 is 0 Å². The highest BCUT2D eigenvalue weighted by molar-refractivity contribution is 5.79. The van der Waals surface area contributed by atoms with E-state index in [1.54, 1.807) is 12.3 Å². The summed E-state index contributed by atoms with van der Waals surface area (Å²) in [7, 11) is 0. The molecule has 8 heteroatoms. The van der Waals surface area contributed by atoms with Gasteiger partial charge in [-0.15, -0.1) is 0 Å². The zero-order chi connectivity index (χ0) is 18.1. The molecule has 1 heterocycles. The summed E-state index contributed by atoms with van der Waals surface area (Å²) >= 11 is 0. The van der Waals surface area contributed by atoms with Crippen molar-refractivity contribution in [1.82, 2.24) is 20.4 Å². The van der Waals surface area contributed by atoms with Crippen molar-refractivity contribution < 1.29 is 13.2 Å². The second-order valence-corrected chi connectivity index (χ2v) is 5.44. The van der Waals surface area contributed by atoms with E-state index in [1.807, 2.05) is 23.9 Å². The molecule has 0 spiro atoms. The zero-order valence-corrected chi connectivity index (χ0v) is 14.1. The Morgan fingerprint density at radius 1 is 1.24 bits per heavy atom. The van der Waals surface area contributed by atoms with Gasteiger partial charge in [-0.3, -0.25) is 4.68 Å². The van der Waals surface area contributed by atoms with E-state index < -0.39 is 11.7 Å². The Morgan fingerprint density at radius 3 is 2.76 bits per heavy atom. The van der Waals surface area contributed by atoms with Crippen LogP contribution in [0.3, 0.4) is 0 Å². The van der Waals surface area contributed by atoms with E-state index in [0.29, 0.717) is 24.6 Å². The van der Waals surface area contributed by atoms with Crippen molar-refractivity contribution in [2.75, 3.05) is 13.1 Å². The molecule has 0 amide bonds. The van der Waals surface area contributed by atoms with E-state index in [-0.39, 0.29) is 6.54 Å². The first-order chi connectivity index (χ1) is 12.0. The van der Waals surface area contributed by atoms with Crippen LogP contribution in [-0.2, 0) is 19.3 Å². The predicted octanol–water partition coefficient (Wildman–Crippen LogP) is 3.05. The average molecular weight is 353 g/mol. The van der Waals surface area contributed by atoms with Crippen LogP contribution in [0.2, 0.25) is 0 Å². The minimum absolute atomic E-state index is 0.179. The highest BCUT2D eigenvalue weighted by Crippen LogP contribution is 2.29. The van der Waals surface area contributed by atoms with Gasteiger partial charge in [0.15, 0.2) is 5.96 Å². The quantitative estimate of drug-likeness (QED) is 0.457. The van der Waals surface area contributed by atoms with Gasteiger partial charge in [-0.1, -0.05) is 12.1 Å². The lowest BCUT2D eigenvalue weighted by Crippen LogP contribution is -2.38. The normalized spacial score (nSPS) is 12.2. The van der Waals surface area contributed by atoms with Gasteiger partial charge in [-0.25, -0.2) is 4.99 Å². The smallest absolute Gasteiger partial charge is 0.357 e. The van der Waals surface area contributed by atoms with Crippen LogP contribution in [0.5, 0.6) is 0 Å². The molecule has 25 heavy (non-hydrogen) atoms. The van der Waals surface area contributed by atoms with Crippen molar-refractivity contribution in [2.24, 2.45) is 4.99 Å². The predicted molar refractivity (Wildman–Crippen MR) is 91.1 cm³/mol. The van der Waals surface area contributed by atoms with Gasteiger partial charge in [0.25, 0.3) is 0 Å². The maximum absolute atomic E-state index is 12.7. The number of guanidine groups is 1. The van der Waals surface area contributed by atoms with Gasteiger partial charge in [0, 0.05) is 32.0 Å². The Hall–Kier alpha value is -2.51. The summed E-state index contributed by atoms with van der Waals surface area (Å²) in [6, 6.07) is 7.10. The number of nitrogens with zero attached hydrogens (tertiary/aromatic N) is 3. The Bertz CT molecular complexity index is 665. The van der Waals surface area contributed by atoms with Gasteiger partial charge in [0.1, 0.15) is 0 Å². The third-order valence-corrected chi connectivity index (χ3v) is 3.43. The summed E-state index contributed by atoms with van der Waals surface area (Å²) < 4.78 is 40.1. The van der Waals surface area contributed by atoms with Gasteiger partial charge in [0.05, 0.1) is 12.1 Å². The average Bonchev–Trinajstić information content (AvgIpc) is 3.09. The van der Waals surface area contributed by atoms with Crippen molar-refractivity contribution >= 4 is 5.96 Å². The van der Waals surface area contributed by atoms with Crippen LogP contribution in [0.1, 0.15) is 24.5 Å². The van der Waals surface area contributed by atoms with Gasteiger partial charge in [-0.2, -0.15) is 18.3 Å². The number of alkyl halides is 3. The molecule has 136 valence electrons. The van der Waals surface area contributed by atoms with Crippen molar-refractivity contribution in [2.45, 2.75) is 32.6 Å². The van der Waals surface area contributed by atoms with Crippen molar-refractivity contribution in [3.8, 4) is 0 Å². The minimum atomic E-state index is -4.34. The molecule has 5 nitrogen and oxygen atoms in total. The molecule has 2 rings (SSSR count). The van der Waals surface area contributed by atoms with Crippen LogP contribution >= 0.6 is 0 Å². The summed E-state index contributed by atoms with van der Waals surface area (Å²) in [4.78, 5) is 4.35. The highest BCUT2D eigenvalue weighted by Gasteiger charge is 2.30. The first kappa shape index (κ1) is 18.8. The van der Waals surface area contributed by atoms with Crippen LogP contribution in [0.25, 0.3) is 0 Å². The molecule has 2 N–H and O–H groups in total. The molecule has 0 aliphatic heterocycles. The van der Waals surface area contributed by atoms with E-state index in [4.69, 9.17) is 0 Å². The first-order valence-corrected chi connectivity index (χ1v) is 8.15. The lowest BCUT2D eigenvalue weighted by Gasteiger charge is -2.12. The lowest BCUT2D eigenvalue weighted by molar-refractivity contribution is -0.137. The number of hydrogen-bond donors (Lipinski definition) is 2. The van der Waals surface area contributed by atoms with Crippen molar-refractivity contribution in [3.05, 3.63) is 53.9 Å². The topological polar surface area (TPSA) is 54.2 Å². The van der Waals surface area contributed by atoms with Crippen LogP contribution < -0.4 is 10.6 Å². The van der Waals surface area contributed by atoms with Gasteiger partial charge in [-0.05, 0) is 37.1 Å². The minimum Gasteiger partial charge on any atom is -0.357 e. The molecular formula is C17H22F3N5. The summed E-state index contributed by atoms with van der Waals surface area (Å²) in [5, 5.41) is 10.4. The molecule has 0 fully saturated rings. The second kappa shape index (κ2) is 9.10. The van der Waals surface area contributed by atoms with Crippen molar-refractivity contribution in [3.63, 3.8) is 0 Å². The van der Waals surface area contributed by atoms with Crippen LogP contribution in [0, 0.1) is 0 Å². The van der Waals surface area contributed by atoms with E-state index in [2.05, 4.69) is 20.7 Å². The van der Waals surface area contributed by atoms with Crippen LogP contribution in [-0.4, -0.2) is 28.8 Å². The van der Waals surface area contributed by atoms with E-state index in [1.165, 1.54) is 6.07 Å². The number of nitrogens with one attached hydrogen (secondary N) is 2. The third kappa shape index (κ3) is 6.48. The van der Waals surface area contributed by atoms with Gasteiger partial charge < -0.3 is 10.6 Å². The number of aromatic nitrogens is 2. The number of rotatable bonds is 7. The fourth-order valence-electron chi connectivity index (χ4n) is 2.24. The maximum atomic E-state index is 12.7. The molecule has 0 saturated heterocycles. The number of aryl methyl sites for hydroxylation is 1. The van der Waals surface area contributed by atoms with Gasteiger partial charge in [0.2, 0.25) is 0 Å². The molecule has 0 bridgehead atoms. The second-order valence-electron chi connectivity index (χ2n) is 5.44. The molecule has 0 saturated carbocycles.